The van der Waals surface area contributed by atoms with Crippen LogP contribution in [-0.2, 0) is 0 Å². The minimum atomic E-state index is 0.250. The third kappa shape index (κ3) is 5.38. The lowest BCUT2D eigenvalue weighted by Gasteiger charge is -2.14. The molecule has 1 unspecified atom stereocenters. The molecule has 0 radical (unpaired) electrons. The standard InChI is InChI=1S/C13H20ClNO/c1-3-15-10-4-5-11(2)16-13-8-6-12(14)7-9-13/h6-9,11,15H,3-5,10H2,1-2H3. The van der Waals surface area contributed by atoms with Crippen molar-refractivity contribution in [2.45, 2.75) is 32.8 Å². The van der Waals surface area contributed by atoms with Crippen molar-refractivity contribution in [3.63, 3.8) is 0 Å². The van der Waals surface area contributed by atoms with Crippen molar-refractivity contribution in [1.82, 2.24) is 5.32 Å². The van der Waals surface area contributed by atoms with Crippen LogP contribution in [0.2, 0.25) is 5.02 Å². The number of ether oxygens (including phenoxy) is 1. The van der Waals surface area contributed by atoms with Gasteiger partial charge < -0.3 is 10.1 Å². The predicted octanol–water partition coefficient (Wildman–Crippen LogP) is 3.50. The second-order valence-corrected chi connectivity index (χ2v) is 4.31. The Morgan fingerprint density at radius 2 is 2.00 bits per heavy atom. The minimum Gasteiger partial charge on any atom is -0.491 e. The number of halogens is 1. The molecule has 16 heavy (non-hydrogen) atoms. The first-order chi connectivity index (χ1) is 7.72. The summed E-state index contributed by atoms with van der Waals surface area (Å²) in [6.07, 6.45) is 2.46. The van der Waals surface area contributed by atoms with Crippen molar-refractivity contribution < 1.29 is 4.74 Å². The summed E-state index contributed by atoms with van der Waals surface area (Å²) in [5.41, 5.74) is 0. The lowest BCUT2D eigenvalue weighted by Crippen LogP contribution is -2.18. The van der Waals surface area contributed by atoms with Gasteiger partial charge in [0, 0.05) is 5.02 Å². The third-order valence-electron chi connectivity index (χ3n) is 2.37. The highest BCUT2D eigenvalue weighted by molar-refractivity contribution is 6.30. The van der Waals surface area contributed by atoms with Crippen LogP contribution in [-0.4, -0.2) is 19.2 Å². The topological polar surface area (TPSA) is 21.3 Å². The molecule has 0 saturated carbocycles. The Hall–Kier alpha value is -0.730. The molecule has 1 N–H and O–H groups in total. The molecule has 0 aliphatic rings. The van der Waals surface area contributed by atoms with E-state index in [0.29, 0.717) is 0 Å². The number of hydrogen-bond acceptors (Lipinski definition) is 2. The molecule has 0 aliphatic carbocycles. The maximum atomic E-state index is 5.80. The predicted molar refractivity (Wildman–Crippen MR) is 69.3 cm³/mol. The normalized spacial score (nSPS) is 12.4. The van der Waals surface area contributed by atoms with Crippen molar-refractivity contribution in [1.29, 1.82) is 0 Å². The molecular formula is C13H20ClNO. The molecule has 0 spiro atoms. The van der Waals surface area contributed by atoms with E-state index in [1.54, 1.807) is 0 Å². The van der Waals surface area contributed by atoms with E-state index in [0.717, 1.165) is 36.7 Å². The highest BCUT2D eigenvalue weighted by Gasteiger charge is 2.03. The highest BCUT2D eigenvalue weighted by atomic mass is 35.5. The Balaban J connectivity index is 2.23. The molecule has 3 heteroatoms. The van der Waals surface area contributed by atoms with E-state index >= 15 is 0 Å². The average Bonchev–Trinajstić information content (AvgIpc) is 2.28. The maximum absolute atomic E-state index is 5.80. The quantitative estimate of drug-likeness (QED) is 0.738. The largest absolute Gasteiger partial charge is 0.491 e. The van der Waals surface area contributed by atoms with Gasteiger partial charge in [-0.3, -0.25) is 0 Å². The maximum Gasteiger partial charge on any atom is 0.119 e. The molecule has 1 aromatic carbocycles. The number of nitrogens with one attached hydrogen (secondary N) is 1. The van der Waals surface area contributed by atoms with E-state index in [9.17, 15) is 0 Å². The van der Waals surface area contributed by atoms with Crippen molar-refractivity contribution in [2.75, 3.05) is 13.1 Å². The first-order valence-electron chi connectivity index (χ1n) is 5.85. The van der Waals surface area contributed by atoms with Crippen LogP contribution in [0, 0.1) is 0 Å². The van der Waals surface area contributed by atoms with E-state index in [2.05, 4.69) is 19.2 Å². The first kappa shape index (κ1) is 13.3. The summed E-state index contributed by atoms with van der Waals surface area (Å²) in [4.78, 5) is 0. The van der Waals surface area contributed by atoms with E-state index in [1.165, 1.54) is 0 Å². The zero-order valence-corrected chi connectivity index (χ0v) is 10.8. The van der Waals surface area contributed by atoms with Gasteiger partial charge in [0.1, 0.15) is 5.75 Å². The lowest BCUT2D eigenvalue weighted by molar-refractivity contribution is 0.207. The first-order valence-corrected chi connectivity index (χ1v) is 6.23. The molecular weight excluding hydrogens is 222 g/mol. The molecule has 1 atom stereocenters. The van der Waals surface area contributed by atoms with Crippen LogP contribution in [0.5, 0.6) is 5.75 Å². The fourth-order valence-electron chi connectivity index (χ4n) is 1.50. The van der Waals surface area contributed by atoms with Crippen LogP contribution < -0.4 is 10.1 Å². The monoisotopic (exact) mass is 241 g/mol. The molecule has 0 aromatic heterocycles. The van der Waals surface area contributed by atoms with Gasteiger partial charge in [-0.25, -0.2) is 0 Å². The highest BCUT2D eigenvalue weighted by Crippen LogP contribution is 2.17. The molecule has 0 bridgehead atoms. The van der Waals surface area contributed by atoms with Gasteiger partial charge in [0.05, 0.1) is 6.10 Å². The van der Waals surface area contributed by atoms with Crippen LogP contribution in [0.15, 0.2) is 24.3 Å². The molecule has 0 fully saturated rings. The Morgan fingerprint density at radius 3 is 2.62 bits per heavy atom. The van der Waals surface area contributed by atoms with Crippen molar-refractivity contribution in [3.05, 3.63) is 29.3 Å². The Morgan fingerprint density at radius 1 is 1.31 bits per heavy atom. The van der Waals surface area contributed by atoms with E-state index in [-0.39, 0.29) is 6.10 Å². The fraction of sp³-hybridized carbons (Fsp3) is 0.538. The number of benzene rings is 1. The smallest absolute Gasteiger partial charge is 0.119 e. The second-order valence-electron chi connectivity index (χ2n) is 3.88. The van der Waals surface area contributed by atoms with Crippen molar-refractivity contribution in [3.8, 4) is 5.75 Å². The van der Waals surface area contributed by atoms with Gasteiger partial charge in [0.15, 0.2) is 0 Å². The lowest BCUT2D eigenvalue weighted by atomic mass is 10.2. The molecule has 0 amide bonds. The summed E-state index contributed by atoms with van der Waals surface area (Å²) in [6, 6.07) is 7.51. The molecule has 1 aromatic rings. The van der Waals surface area contributed by atoms with Gasteiger partial charge in [-0.15, -0.1) is 0 Å². The summed E-state index contributed by atoms with van der Waals surface area (Å²) in [5, 5.41) is 4.04. The van der Waals surface area contributed by atoms with Crippen LogP contribution in [0.4, 0.5) is 0 Å². The van der Waals surface area contributed by atoms with E-state index in [4.69, 9.17) is 16.3 Å². The van der Waals surface area contributed by atoms with Crippen LogP contribution >= 0.6 is 11.6 Å². The van der Waals surface area contributed by atoms with Crippen molar-refractivity contribution in [2.24, 2.45) is 0 Å². The second kappa shape index (κ2) is 7.53. The van der Waals surface area contributed by atoms with Gasteiger partial charge in [-0.2, -0.15) is 0 Å². The SMILES string of the molecule is CCNCCCC(C)Oc1ccc(Cl)cc1. The Labute approximate surface area is 103 Å². The molecule has 0 saturated heterocycles. The summed E-state index contributed by atoms with van der Waals surface area (Å²) < 4.78 is 5.76. The van der Waals surface area contributed by atoms with Crippen LogP contribution in [0.3, 0.4) is 0 Å². The molecule has 90 valence electrons. The van der Waals surface area contributed by atoms with Gasteiger partial charge in [-0.1, -0.05) is 18.5 Å². The third-order valence-corrected chi connectivity index (χ3v) is 2.62. The minimum absolute atomic E-state index is 0.250. The van der Waals surface area contributed by atoms with Crippen LogP contribution in [0.25, 0.3) is 0 Å². The number of rotatable bonds is 7. The van der Waals surface area contributed by atoms with Crippen molar-refractivity contribution >= 4 is 11.6 Å². The van der Waals surface area contributed by atoms with Gasteiger partial charge in [-0.05, 0) is 57.1 Å². The van der Waals surface area contributed by atoms with E-state index in [1.807, 2.05) is 24.3 Å². The molecule has 0 heterocycles. The summed E-state index contributed by atoms with van der Waals surface area (Å²) in [7, 11) is 0. The van der Waals surface area contributed by atoms with Gasteiger partial charge in [0.2, 0.25) is 0 Å². The Bertz CT molecular complexity index is 286. The van der Waals surface area contributed by atoms with E-state index < -0.39 is 0 Å². The molecule has 1 rings (SSSR count). The summed E-state index contributed by atoms with van der Waals surface area (Å²) >= 11 is 5.80. The summed E-state index contributed by atoms with van der Waals surface area (Å²) in [5.74, 6) is 0.889. The van der Waals surface area contributed by atoms with Crippen LogP contribution in [0.1, 0.15) is 26.7 Å². The Kier molecular flexibility index (Phi) is 6.27. The number of hydrogen-bond donors (Lipinski definition) is 1. The molecule has 2 nitrogen and oxygen atoms in total. The zero-order valence-electron chi connectivity index (χ0n) is 10.0. The van der Waals surface area contributed by atoms with Gasteiger partial charge >= 0.3 is 0 Å². The zero-order chi connectivity index (χ0) is 11.8. The molecule has 0 aliphatic heterocycles. The summed E-state index contributed by atoms with van der Waals surface area (Å²) in [6.45, 7) is 6.31. The fourth-order valence-corrected chi connectivity index (χ4v) is 1.62. The average molecular weight is 242 g/mol. The van der Waals surface area contributed by atoms with Gasteiger partial charge in [0.25, 0.3) is 0 Å².